The zero-order chi connectivity index (χ0) is 35.7. The largest absolute Gasteiger partial charge is 0.416 e. The van der Waals surface area contributed by atoms with Crippen molar-refractivity contribution in [3.05, 3.63) is 70.0 Å². The highest BCUT2D eigenvalue weighted by molar-refractivity contribution is 7.92. The highest BCUT2D eigenvalue weighted by atomic mass is 32.2. The number of allylic oxidation sites excluding steroid dienone is 2. The monoisotopic (exact) mass is 705 g/mol. The van der Waals surface area contributed by atoms with Crippen LogP contribution in [0.4, 0.5) is 30.5 Å². The smallest absolute Gasteiger partial charge is 0.378 e. The number of hydrogen-bond acceptors (Lipinski definition) is 9. The number of aromatic nitrogens is 3. The van der Waals surface area contributed by atoms with Crippen LogP contribution in [0.15, 0.2) is 47.8 Å². The molecule has 0 saturated carbocycles. The van der Waals surface area contributed by atoms with E-state index in [1.54, 1.807) is 47.9 Å². The molecule has 3 aromatic rings. The number of para-hydroxylation sites is 1. The molecular weight excluding hydrogens is 667 g/mol. The molecule has 1 aliphatic heterocycles. The number of carbonyl (C=O) groups excluding carboxylic acids is 3. The van der Waals surface area contributed by atoms with Crippen LogP contribution >= 0.6 is 0 Å². The first kappa shape index (κ1) is 35.3. The van der Waals surface area contributed by atoms with Gasteiger partial charge in [-0.05, 0) is 54.7 Å². The third kappa shape index (κ3) is 7.84. The number of nitrogens with zero attached hydrogens (tertiary/aromatic N) is 5. The standard InChI is InChI=1S/C31H38F3N9O5S/c1-5-23(35-18-26(44)36-24-13-12-22(31(32,33)34)19-10-11-20(19)24)27(29(46)43-37-30(38-43)40(2)3)41-14-16-42(17-15-41)28(45)21-8-6-7-9-25(21)39-49(4,47)48/h6-9,12-13,35,39H,5,10-11,14-18H2,1-4H3,(H,36,44)(H,37,38)/b27-23+. The molecule has 2 amide bonds. The second-order valence-corrected chi connectivity index (χ2v) is 13.7. The third-order valence-electron chi connectivity index (χ3n) is 8.29. The lowest BCUT2D eigenvalue weighted by atomic mass is 9.83. The van der Waals surface area contributed by atoms with Crippen molar-refractivity contribution in [2.45, 2.75) is 32.4 Å². The number of sulfonamides is 1. The summed E-state index contributed by atoms with van der Waals surface area (Å²) in [5.74, 6) is -0.916. The number of hydrogen-bond donors (Lipinski definition) is 4. The summed E-state index contributed by atoms with van der Waals surface area (Å²) in [6.45, 7) is 2.43. The lowest BCUT2D eigenvalue weighted by Gasteiger charge is -2.38. The Kier molecular flexibility index (Phi) is 9.98. The van der Waals surface area contributed by atoms with Gasteiger partial charge in [-0.3, -0.25) is 19.1 Å². The summed E-state index contributed by atoms with van der Waals surface area (Å²) < 4.78 is 66.2. The second kappa shape index (κ2) is 13.9. The minimum atomic E-state index is -4.47. The highest BCUT2D eigenvalue weighted by Crippen LogP contribution is 2.41. The zero-order valence-electron chi connectivity index (χ0n) is 27.4. The van der Waals surface area contributed by atoms with Gasteiger partial charge in [-0.1, -0.05) is 19.1 Å². The number of halogens is 3. The topological polar surface area (TPSA) is 165 Å². The third-order valence-corrected chi connectivity index (χ3v) is 8.88. The summed E-state index contributed by atoms with van der Waals surface area (Å²) in [5, 5.41) is 12.8. The molecule has 2 heterocycles. The number of anilines is 3. The van der Waals surface area contributed by atoms with Gasteiger partial charge in [0.1, 0.15) is 5.70 Å². The van der Waals surface area contributed by atoms with Crippen LogP contribution in [0.2, 0.25) is 0 Å². The Hall–Kier alpha value is -5.00. The van der Waals surface area contributed by atoms with Crippen LogP contribution in [0.3, 0.4) is 0 Å². The molecule has 18 heteroatoms. The van der Waals surface area contributed by atoms with Gasteiger partial charge in [-0.15, -0.1) is 9.90 Å². The maximum atomic E-state index is 13.8. The zero-order valence-corrected chi connectivity index (χ0v) is 28.3. The fraction of sp³-hybridized carbons (Fsp3) is 0.419. The lowest BCUT2D eigenvalue weighted by molar-refractivity contribution is -0.138. The van der Waals surface area contributed by atoms with Crippen molar-refractivity contribution in [3.63, 3.8) is 0 Å². The van der Waals surface area contributed by atoms with E-state index in [0.29, 0.717) is 35.7 Å². The molecule has 1 aromatic heterocycles. The molecule has 1 saturated heterocycles. The quantitative estimate of drug-likeness (QED) is 0.220. The number of H-pyrrole nitrogens is 1. The number of piperazine rings is 1. The minimum Gasteiger partial charge on any atom is -0.378 e. The number of carbonyl (C=O) groups is 3. The SMILES string of the molecule is CC/C(NCC(=O)Nc1ccc(C(F)(F)F)c2c1CC2)=C(/C(=O)n1nc(N(C)C)[nH]1)N1CCN(C(=O)c2ccccc2NS(C)(=O)=O)CC1. The van der Waals surface area contributed by atoms with Gasteiger partial charge < -0.3 is 25.3 Å². The van der Waals surface area contributed by atoms with Crippen LogP contribution in [0.25, 0.3) is 0 Å². The van der Waals surface area contributed by atoms with Crippen LogP contribution < -0.4 is 20.3 Å². The molecule has 264 valence electrons. The van der Waals surface area contributed by atoms with E-state index in [-0.39, 0.29) is 67.6 Å². The molecule has 0 radical (unpaired) electrons. The van der Waals surface area contributed by atoms with E-state index in [0.717, 1.165) is 17.1 Å². The van der Waals surface area contributed by atoms with E-state index < -0.39 is 33.6 Å². The summed E-state index contributed by atoms with van der Waals surface area (Å²) in [7, 11) is -0.120. The summed E-state index contributed by atoms with van der Waals surface area (Å²) in [6, 6.07) is 8.53. The van der Waals surface area contributed by atoms with Gasteiger partial charge in [-0.25, -0.2) is 13.5 Å². The van der Waals surface area contributed by atoms with Gasteiger partial charge in [0.25, 0.3) is 5.91 Å². The van der Waals surface area contributed by atoms with E-state index in [9.17, 15) is 36.0 Å². The van der Waals surface area contributed by atoms with Crippen LogP contribution in [0.1, 0.15) is 45.2 Å². The van der Waals surface area contributed by atoms with Crippen molar-refractivity contribution < 1.29 is 36.0 Å². The molecule has 0 bridgehead atoms. The minimum absolute atomic E-state index is 0.160. The maximum Gasteiger partial charge on any atom is 0.416 e. The molecule has 0 atom stereocenters. The fourth-order valence-corrected chi connectivity index (χ4v) is 6.35. The Morgan fingerprint density at radius 1 is 0.959 bits per heavy atom. The van der Waals surface area contributed by atoms with Crippen LogP contribution in [0, 0.1) is 0 Å². The number of fused-ring (bicyclic) bond motifs is 1. The van der Waals surface area contributed by atoms with E-state index >= 15 is 0 Å². The van der Waals surface area contributed by atoms with Gasteiger partial charge in [-0.2, -0.15) is 13.2 Å². The van der Waals surface area contributed by atoms with Crippen molar-refractivity contribution in [1.82, 2.24) is 30.1 Å². The van der Waals surface area contributed by atoms with Gasteiger partial charge >= 0.3 is 12.1 Å². The number of benzene rings is 2. The van der Waals surface area contributed by atoms with Crippen molar-refractivity contribution in [1.29, 1.82) is 0 Å². The first-order chi connectivity index (χ1) is 23.1. The maximum absolute atomic E-state index is 13.8. The van der Waals surface area contributed by atoms with Crippen molar-refractivity contribution in [2.75, 3.05) is 68.0 Å². The Labute approximate surface area is 281 Å². The fourth-order valence-electron chi connectivity index (χ4n) is 5.77. The Morgan fingerprint density at radius 2 is 1.59 bits per heavy atom. The Balaban J connectivity index is 1.33. The molecule has 1 fully saturated rings. The van der Waals surface area contributed by atoms with Gasteiger partial charge in [0.2, 0.25) is 21.9 Å². The normalized spacial score (nSPS) is 15.2. The lowest BCUT2D eigenvalue weighted by Crippen LogP contribution is -2.51. The first-order valence-corrected chi connectivity index (χ1v) is 17.4. The van der Waals surface area contributed by atoms with E-state index in [4.69, 9.17) is 0 Å². The van der Waals surface area contributed by atoms with Crippen molar-refractivity contribution >= 4 is 45.1 Å². The first-order valence-electron chi connectivity index (χ1n) is 15.5. The number of nitrogens with one attached hydrogen (secondary N) is 4. The van der Waals surface area contributed by atoms with Gasteiger partial charge in [0.05, 0.1) is 29.6 Å². The predicted molar refractivity (Wildman–Crippen MR) is 177 cm³/mol. The highest BCUT2D eigenvalue weighted by Gasteiger charge is 2.37. The molecule has 0 spiro atoms. The summed E-state index contributed by atoms with van der Waals surface area (Å²) >= 11 is 0. The molecule has 2 aromatic carbocycles. The molecule has 49 heavy (non-hydrogen) atoms. The molecule has 14 nitrogen and oxygen atoms in total. The number of amides is 2. The van der Waals surface area contributed by atoms with E-state index in [1.807, 2.05) is 0 Å². The average Bonchev–Trinajstić information content (AvgIpc) is 2.97. The van der Waals surface area contributed by atoms with E-state index in [1.165, 1.54) is 18.2 Å². The molecule has 1 aliphatic carbocycles. The van der Waals surface area contributed by atoms with Gasteiger partial charge in [0, 0.05) is 51.7 Å². The summed E-state index contributed by atoms with van der Waals surface area (Å²) in [6.07, 6.45) is -2.45. The van der Waals surface area contributed by atoms with Crippen LogP contribution in [-0.4, -0.2) is 104 Å². The molecule has 5 rings (SSSR count). The summed E-state index contributed by atoms with van der Waals surface area (Å²) in [5.41, 5.74) is 1.29. The predicted octanol–water partition coefficient (Wildman–Crippen LogP) is 2.71. The average molecular weight is 706 g/mol. The van der Waals surface area contributed by atoms with Crippen molar-refractivity contribution in [3.8, 4) is 0 Å². The molecule has 0 unspecified atom stereocenters. The summed E-state index contributed by atoms with van der Waals surface area (Å²) in [4.78, 5) is 46.4. The molecule has 2 aliphatic rings. The molecule has 4 N–H and O–H groups in total. The number of alkyl halides is 3. The number of aromatic amines is 1. The van der Waals surface area contributed by atoms with Crippen LogP contribution in [0.5, 0.6) is 0 Å². The van der Waals surface area contributed by atoms with Gasteiger partial charge in [0.15, 0.2) is 0 Å². The Morgan fingerprint density at radius 3 is 2.16 bits per heavy atom. The molecular formula is C31H38F3N9O5S. The second-order valence-electron chi connectivity index (χ2n) is 11.9. The Bertz CT molecular complexity index is 1880. The van der Waals surface area contributed by atoms with E-state index in [2.05, 4.69) is 25.6 Å². The number of rotatable bonds is 11. The van der Waals surface area contributed by atoms with Crippen LogP contribution in [-0.2, 0) is 33.8 Å². The van der Waals surface area contributed by atoms with Crippen molar-refractivity contribution in [2.24, 2.45) is 0 Å².